The van der Waals surface area contributed by atoms with Gasteiger partial charge >= 0.3 is 0 Å². The van der Waals surface area contributed by atoms with E-state index in [0.717, 1.165) is 31.6 Å². The van der Waals surface area contributed by atoms with Crippen molar-refractivity contribution in [1.29, 1.82) is 0 Å². The lowest BCUT2D eigenvalue weighted by atomic mass is 10.2. The molecule has 0 aliphatic heterocycles. The molecule has 106 valence electrons. The number of nitrogens with one attached hydrogen (secondary N) is 1. The molecule has 0 radical (unpaired) electrons. The van der Waals surface area contributed by atoms with E-state index in [2.05, 4.69) is 24.1 Å². The smallest absolute Gasteiger partial charge is 0.238 e. The Morgan fingerprint density at radius 1 is 1.32 bits per heavy atom. The topological polar surface area (TPSA) is 58.4 Å². The largest absolute Gasteiger partial charge is 0.371 e. The van der Waals surface area contributed by atoms with Gasteiger partial charge in [-0.25, -0.2) is 4.39 Å². The first kappa shape index (κ1) is 15.4. The highest BCUT2D eigenvalue weighted by atomic mass is 19.1. The highest BCUT2D eigenvalue weighted by Crippen LogP contribution is 2.22. The van der Waals surface area contributed by atoms with Crippen molar-refractivity contribution in [3.05, 3.63) is 24.0 Å². The van der Waals surface area contributed by atoms with Crippen LogP contribution >= 0.6 is 0 Å². The van der Waals surface area contributed by atoms with Crippen LogP contribution in [0.1, 0.15) is 26.7 Å². The van der Waals surface area contributed by atoms with E-state index in [0.29, 0.717) is 0 Å². The molecule has 1 aromatic carbocycles. The third-order valence-electron chi connectivity index (χ3n) is 2.76. The van der Waals surface area contributed by atoms with E-state index >= 15 is 0 Å². The van der Waals surface area contributed by atoms with Gasteiger partial charge in [0.1, 0.15) is 5.82 Å². The fourth-order valence-corrected chi connectivity index (χ4v) is 1.91. The summed E-state index contributed by atoms with van der Waals surface area (Å²) in [5, 5.41) is 2.43. The molecule has 5 heteroatoms. The molecule has 0 aromatic heterocycles. The van der Waals surface area contributed by atoms with Gasteiger partial charge in [-0.3, -0.25) is 4.79 Å². The molecule has 0 aliphatic rings. The summed E-state index contributed by atoms with van der Waals surface area (Å²) in [6.45, 7) is 5.81. The van der Waals surface area contributed by atoms with E-state index in [1.54, 1.807) is 6.07 Å². The summed E-state index contributed by atoms with van der Waals surface area (Å²) in [5.41, 5.74) is 6.20. The minimum Gasteiger partial charge on any atom is -0.371 e. The molecule has 0 aliphatic carbocycles. The van der Waals surface area contributed by atoms with E-state index in [4.69, 9.17) is 5.73 Å². The molecule has 4 nitrogen and oxygen atoms in total. The molecule has 0 bridgehead atoms. The number of hydrogen-bond donors (Lipinski definition) is 2. The van der Waals surface area contributed by atoms with Gasteiger partial charge in [0.05, 0.1) is 12.2 Å². The summed E-state index contributed by atoms with van der Waals surface area (Å²) in [6, 6.07) is 4.86. The van der Waals surface area contributed by atoms with E-state index in [9.17, 15) is 9.18 Å². The standard InChI is InChI=1S/C14H22FN3O/c1-3-7-18(8-4-2)11-5-6-13(12(15)9-11)17-14(19)10-16/h5-6,9H,3-4,7-8,10,16H2,1-2H3,(H,17,19). The Kier molecular flexibility index (Phi) is 6.29. The van der Waals surface area contributed by atoms with Crippen molar-refractivity contribution in [3.8, 4) is 0 Å². The zero-order valence-corrected chi connectivity index (χ0v) is 11.6. The van der Waals surface area contributed by atoms with Crippen molar-refractivity contribution in [2.24, 2.45) is 5.73 Å². The highest BCUT2D eigenvalue weighted by Gasteiger charge is 2.10. The molecule has 0 saturated heterocycles. The molecular formula is C14H22FN3O. The summed E-state index contributed by atoms with van der Waals surface area (Å²) < 4.78 is 13.9. The molecular weight excluding hydrogens is 245 g/mol. The van der Waals surface area contributed by atoms with Crippen LogP contribution in [0.4, 0.5) is 15.8 Å². The zero-order valence-electron chi connectivity index (χ0n) is 11.6. The fourth-order valence-electron chi connectivity index (χ4n) is 1.91. The number of nitrogens with two attached hydrogens (primary N) is 1. The van der Waals surface area contributed by atoms with Crippen molar-refractivity contribution in [2.75, 3.05) is 29.9 Å². The summed E-state index contributed by atoms with van der Waals surface area (Å²) in [5.74, 6) is -0.831. The number of halogens is 1. The van der Waals surface area contributed by atoms with Crippen LogP contribution in [0, 0.1) is 5.82 Å². The van der Waals surface area contributed by atoms with Crippen LogP contribution in [0.2, 0.25) is 0 Å². The average Bonchev–Trinajstić information content (AvgIpc) is 2.40. The third-order valence-corrected chi connectivity index (χ3v) is 2.76. The Hall–Kier alpha value is -1.62. The van der Waals surface area contributed by atoms with Gasteiger partial charge in [0, 0.05) is 18.8 Å². The zero-order chi connectivity index (χ0) is 14.3. The molecule has 0 heterocycles. The maximum Gasteiger partial charge on any atom is 0.238 e. The van der Waals surface area contributed by atoms with E-state index in [-0.39, 0.29) is 12.2 Å². The quantitative estimate of drug-likeness (QED) is 0.797. The first-order valence-corrected chi connectivity index (χ1v) is 6.66. The summed E-state index contributed by atoms with van der Waals surface area (Å²) >= 11 is 0. The van der Waals surface area contributed by atoms with Gasteiger partial charge in [-0.15, -0.1) is 0 Å². The maximum absolute atomic E-state index is 13.9. The molecule has 19 heavy (non-hydrogen) atoms. The van der Waals surface area contributed by atoms with Gasteiger partial charge in [0.2, 0.25) is 5.91 Å². The van der Waals surface area contributed by atoms with E-state index in [1.807, 2.05) is 6.07 Å². The lowest BCUT2D eigenvalue weighted by Crippen LogP contribution is -2.25. The number of rotatable bonds is 7. The Morgan fingerprint density at radius 2 is 1.95 bits per heavy atom. The molecule has 0 unspecified atom stereocenters. The predicted octanol–water partition coefficient (Wildman–Crippen LogP) is 2.35. The van der Waals surface area contributed by atoms with Crippen molar-refractivity contribution in [3.63, 3.8) is 0 Å². The van der Waals surface area contributed by atoms with Crippen LogP contribution in [-0.4, -0.2) is 25.5 Å². The summed E-state index contributed by atoms with van der Waals surface area (Å²) in [7, 11) is 0. The number of hydrogen-bond acceptors (Lipinski definition) is 3. The van der Waals surface area contributed by atoms with Gasteiger partial charge in [0.15, 0.2) is 0 Å². The van der Waals surface area contributed by atoms with Crippen molar-refractivity contribution < 1.29 is 9.18 Å². The van der Waals surface area contributed by atoms with Crippen molar-refractivity contribution >= 4 is 17.3 Å². The average molecular weight is 267 g/mol. The molecule has 1 rings (SSSR count). The third kappa shape index (κ3) is 4.52. The van der Waals surface area contributed by atoms with Gasteiger partial charge in [-0.2, -0.15) is 0 Å². The number of carbonyl (C=O) groups is 1. The van der Waals surface area contributed by atoms with Crippen LogP contribution in [0.15, 0.2) is 18.2 Å². The molecule has 3 N–H and O–H groups in total. The van der Waals surface area contributed by atoms with Crippen molar-refractivity contribution in [2.45, 2.75) is 26.7 Å². The maximum atomic E-state index is 13.9. The van der Waals surface area contributed by atoms with Gasteiger partial charge in [-0.05, 0) is 31.0 Å². The molecule has 0 saturated carbocycles. The summed E-state index contributed by atoms with van der Waals surface area (Å²) in [6.07, 6.45) is 2.01. The van der Waals surface area contributed by atoms with Gasteiger partial charge in [-0.1, -0.05) is 13.8 Å². The predicted molar refractivity (Wildman–Crippen MR) is 76.9 cm³/mol. The lowest BCUT2D eigenvalue weighted by molar-refractivity contribution is -0.114. The first-order valence-electron chi connectivity index (χ1n) is 6.66. The normalized spacial score (nSPS) is 10.3. The minimum atomic E-state index is -0.434. The lowest BCUT2D eigenvalue weighted by Gasteiger charge is -2.24. The number of carbonyl (C=O) groups excluding carboxylic acids is 1. The fraction of sp³-hybridized carbons (Fsp3) is 0.500. The first-order chi connectivity index (χ1) is 9.12. The Labute approximate surface area is 113 Å². The summed E-state index contributed by atoms with van der Waals surface area (Å²) in [4.78, 5) is 13.3. The molecule has 0 atom stereocenters. The van der Waals surface area contributed by atoms with Crippen LogP contribution in [-0.2, 0) is 4.79 Å². The second kappa shape index (κ2) is 7.74. The van der Waals surface area contributed by atoms with E-state index < -0.39 is 11.7 Å². The van der Waals surface area contributed by atoms with Crippen molar-refractivity contribution in [1.82, 2.24) is 0 Å². The molecule has 0 fully saturated rings. The van der Waals surface area contributed by atoms with Crippen LogP contribution in [0.3, 0.4) is 0 Å². The second-order valence-corrected chi connectivity index (χ2v) is 4.40. The Balaban J connectivity index is 2.87. The highest BCUT2D eigenvalue weighted by molar-refractivity contribution is 5.92. The molecule has 1 aromatic rings. The van der Waals surface area contributed by atoms with Crippen LogP contribution in [0.5, 0.6) is 0 Å². The van der Waals surface area contributed by atoms with Gasteiger partial charge in [0.25, 0.3) is 0 Å². The SMILES string of the molecule is CCCN(CCC)c1ccc(NC(=O)CN)c(F)c1. The van der Waals surface area contributed by atoms with Crippen LogP contribution < -0.4 is 16.0 Å². The minimum absolute atomic E-state index is 0.154. The van der Waals surface area contributed by atoms with E-state index in [1.165, 1.54) is 6.07 Å². The number of anilines is 2. The number of nitrogens with zero attached hydrogens (tertiary/aromatic N) is 1. The molecule has 1 amide bonds. The Morgan fingerprint density at radius 3 is 2.42 bits per heavy atom. The Bertz CT molecular complexity index is 417. The van der Waals surface area contributed by atoms with Crippen LogP contribution in [0.25, 0.3) is 0 Å². The molecule has 0 spiro atoms. The van der Waals surface area contributed by atoms with Gasteiger partial charge < -0.3 is 16.0 Å². The second-order valence-electron chi connectivity index (χ2n) is 4.40. The number of amides is 1. The number of benzene rings is 1. The monoisotopic (exact) mass is 267 g/mol.